The van der Waals surface area contributed by atoms with Crippen LogP contribution in [0.2, 0.25) is 0 Å². The van der Waals surface area contributed by atoms with Crippen LogP contribution in [0.5, 0.6) is 11.5 Å². The fourth-order valence-corrected chi connectivity index (χ4v) is 7.08. The van der Waals surface area contributed by atoms with Crippen LogP contribution in [-0.2, 0) is 10.1 Å². The van der Waals surface area contributed by atoms with Crippen LogP contribution in [0.15, 0.2) is 60.7 Å². The molecule has 3 heterocycles. The minimum Gasteiger partial charge on any atom is -0.456 e. The Morgan fingerprint density at radius 1 is 0.952 bits per heavy atom. The number of benzene rings is 3. The molecule has 0 fully saturated rings. The fourth-order valence-electron chi connectivity index (χ4n) is 6.45. The predicted octanol–water partition coefficient (Wildman–Crippen LogP) is 4.67. The van der Waals surface area contributed by atoms with Crippen LogP contribution in [0.1, 0.15) is 67.2 Å². The Morgan fingerprint density at radius 2 is 1.67 bits per heavy atom. The van der Waals surface area contributed by atoms with Crippen LogP contribution >= 0.6 is 0 Å². The van der Waals surface area contributed by atoms with E-state index in [-0.39, 0.29) is 5.54 Å². The molecule has 1 N–H and O–H groups in total. The lowest BCUT2D eigenvalue weighted by molar-refractivity contribution is 0.112. The van der Waals surface area contributed by atoms with Crippen molar-refractivity contribution in [3.05, 3.63) is 99.1 Å². The van der Waals surface area contributed by atoms with Gasteiger partial charge >= 0.3 is 0 Å². The van der Waals surface area contributed by atoms with Crippen molar-refractivity contribution in [1.29, 1.82) is 0 Å². The molecule has 0 atom stereocenters. The molecule has 3 aliphatic heterocycles. The molecule has 7 nitrogen and oxygen atoms in total. The first-order valence-corrected chi connectivity index (χ1v) is 15.5. The highest BCUT2D eigenvalue weighted by Crippen LogP contribution is 2.46. The second kappa shape index (κ2) is 9.24. The van der Waals surface area contributed by atoms with E-state index in [2.05, 4.69) is 55.5 Å². The van der Waals surface area contributed by atoms with Crippen molar-refractivity contribution < 1.29 is 22.5 Å². The van der Waals surface area contributed by atoms with Crippen molar-refractivity contribution in [2.45, 2.75) is 45.7 Å². The second-order valence-electron chi connectivity index (χ2n) is 12.6. The maximum Gasteiger partial charge on any atom is 0.269 e. The van der Waals surface area contributed by atoms with Gasteiger partial charge in [-0.2, -0.15) is 8.42 Å². The molecule has 0 spiro atoms. The number of fused-ring (bicyclic) bond motifs is 4. The molecule has 6 rings (SSSR count). The van der Waals surface area contributed by atoms with Crippen LogP contribution in [-0.4, -0.2) is 50.2 Å². The Morgan fingerprint density at radius 3 is 2.36 bits per heavy atom. The van der Waals surface area contributed by atoms with Crippen molar-refractivity contribution in [3.63, 3.8) is 0 Å². The van der Waals surface area contributed by atoms with Gasteiger partial charge in [-0.25, -0.2) is 4.58 Å². The number of aldehydes is 1. The highest BCUT2D eigenvalue weighted by molar-refractivity contribution is 7.86. The first-order valence-electron chi connectivity index (χ1n) is 13.9. The number of allylic oxidation sites excluding steroid dienone is 1. The van der Waals surface area contributed by atoms with Gasteiger partial charge in [0.25, 0.3) is 10.1 Å². The van der Waals surface area contributed by atoms with E-state index in [1.54, 1.807) is 6.07 Å². The molecular weight excluding hydrogens is 548 g/mol. The molecule has 0 unspecified atom stereocenters. The summed E-state index contributed by atoms with van der Waals surface area (Å²) >= 11 is 0. The SMILES string of the molecule is CC1=CC(C)(C)N(C)c2cc3c(cc21)C(c1ccccc1C=O)=c1cc2c(cc1O3)=[N+](C)C(C)(C)C=C2CS(=O)(=O)O. The molecule has 0 aromatic heterocycles. The predicted molar refractivity (Wildman–Crippen MR) is 167 cm³/mol. The summed E-state index contributed by atoms with van der Waals surface area (Å²) in [5, 5.41) is 1.54. The topological polar surface area (TPSA) is 86.9 Å². The zero-order valence-electron chi connectivity index (χ0n) is 24.9. The Balaban J connectivity index is 1.75. The lowest BCUT2D eigenvalue weighted by Gasteiger charge is -2.41. The Hall–Kier alpha value is -4.01. The summed E-state index contributed by atoms with van der Waals surface area (Å²) in [5.74, 6) is 0.784. The summed E-state index contributed by atoms with van der Waals surface area (Å²) < 4.78 is 42.8. The van der Waals surface area contributed by atoms with Gasteiger partial charge in [-0.15, -0.1) is 0 Å². The molecule has 216 valence electrons. The van der Waals surface area contributed by atoms with E-state index in [1.807, 2.05) is 57.3 Å². The normalized spacial score (nSPS) is 18.1. The van der Waals surface area contributed by atoms with E-state index < -0.39 is 21.4 Å². The number of rotatable bonds is 4. The van der Waals surface area contributed by atoms with Gasteiger partial charge in [0.15, 0.2) is 11.8 Å². The number of carbonyl (C=O) groups is 1. The molecular formula is C34H35N2O5S+. The van der Waals surface area contributed by atoms with Gasteiger partial charge in [-0.05, 0) is 55.7 Å². The lowest BCUT2D eigenvalue weighted by atomic mass is 9.84. The maximum absolute atomic E-state index is 12.3. The molecule has 0 radical (unpaired) electrons. The monoisotopic (exact) mass is 583 g/mol. The van der Waals surface area contributed by atoms with E-state index in [1.165, 1.54) is 0 Å². The second-order valence-corrected chi connectivity index (χ2v) is 14.0. The van der Waals surface area contributed by atoms with E-state index in [0.29, 0.717) is 28.2 Å². The van der Waals surface area contributed by atoms with Gasteiger partial charge in [-0.3, -0.25) is 9.35 Å². The molecule has 3 aliphatic rings. The summed E-state index contributed by atoms with van der Waals surface area (Å²) in [6, 6.07) is 15.5. The first kappa shape index (κ1) is 28.1. The number of hydrogen-bond donors (Lipinski definition) is 1. The van der Waals surface area contributed by atoms with Crippen LogP contribution < -0.4 is 24.8 Å². The average Bonchev–Trinajstić information content (AvgIpc) is 2.91. The van der Waals surface area contributed by atoms with Crippen molar-refractivity contribution in [2.75, 3.05) is 24.7 Å². The summed E-state index contributed by atoms with van der Waals surface area (Å²) in [5.41, 5.74) is 6.77. The van der Waals surface area contributed by atoms with E-state index in [4.69, 9.17) is 4.74 Å². The summed E-state index contributed by atoms with van der Waals surface area (Å²) in [7, 11) is -0.261. The summed E-state index contributed by atoms with van der Waals surface area (Å²) in [4.78, 5) is 14.5. The van der Waals surface area contributed by atoms with Crippen LogP contribution in [0.3, 0.4) is 0 Å². The molecule has 3 aromatic carbocycles. The highest BCUT2D eigenvalue weighted by atomic mass is 32.2. The summed E-state index contributed by atoms with van der Waals surface area (Å²) in [6.07, 6.45) is 4.99. The van der Waals surface area contributed by atoms with Gasteiger partial charge in [0.2, 0.25) is 5.36 Å². The Labute approximate surface area is 246 Å². The van der Waals surface area contributed by atoms with Gasteiger partial charge in [0, 0.05) is 60.1 Å². The van der Waals surface area contributed by atoms with Gasteiger partial charge in [0.1, 0.15) is 24.3 Å². The van der Waals surface area contributed by atoms with Crippen molar-refractivity contribution in [1.82, 2.24) is 4.58 Å². The Bertz CT molecular complexity index is 2020. The molecule has 0 amide bonds. The molecule has 0 saturated carbocycles. The van der Waals surface area contributed by atoms with Crippen LogP contribution in [0, 0.1) is 0 Å². The number of hydrogen-bond acceptors (Lipinski definition) is 5. The minimum atomic E-state index is -4.29. The Kier molecular flexibility index (Phi) is 6.19. The molecule has 3 aromatic rings. The van der Waals surface area contributed by atoms with E-state index in [9.17, 15) is 17.8 Å². The van der Waals surface area contributed by atoms with Gasteiger partial charge in [0.05, 0.1) is 17.2 Å². The van der Waals surface area contributed by atoms with Crippen LogP contribution in [0.25, 0.3) is 16.7 Å². The van der Waals surface area contributed by atoms with Gasteiger partial charge in [-0.1, -0.05) is 30.3 Å². The molecule has 0 aliphatic carbocycles. The standard InChI is InChI=1S/C34H34N2O5S/c1-20-16-33(2,3)35(6)28-14-30-26(12-24(20)28)32(23-11-9-8-10-21(23)18-37)27-13-25-22(19-42(38,39)40)17-34(4,5)36(7)29(25)15-31(27)41-30/h8-18H,19H2,1-7H3/p+1. The fraction of sp³-hybridized carbons (Fsp3) is 0.294. The molecule has 42 heavy (non-hydrogen) atoms. The first-order chi connectivity index (χ1) is 19.6. The highest BCUT2D eigenvalue weighted by Gasteiger charge is 2.36. The number of anilines is 1. The van der Waals surface area contributed by atoms with E-state index in [0.717, 1.165) is 50.4 Å². The number of carbonyl (C=O) groups excluding carboxylic acids is 1. The minimum absolute atomic E-state index is 0.183. The summed E-state index contributed by atoms with van der Waals surface area (Å²) in [6.45, 7) is 10.4. The number of nitrogens with zero attached hydrogens (tertiary/aromatic N) is 2. The van der Waals surface area contributed by atoms with Crippen molar-refractivity contribution >= 4 is 38.8 Å². The largest absolute Gasteiger partial charge is 0.456 e. The number of likely N-dealkylation sites (N-methyl/N-ethyl adjacent to an activating group) is 2. The number of ether oxygens (including phenoxy) is 1. The quantitative estimate of drug-likeness (QED) is 0.214. The van der Waals surface area contributed by atoms with Crippen LogP contribution in [0.4, 0.5) is 5.69 Å². The average molecular weight is 584 g/mol. The third-order valence-corrected chi connectivity index (χ3v) is 9.64. The zero-order valence-corrected chi connectivity index (χ0v) is 25.8. The maximum atomic E-state index is 12.3. The lowest BCUT2D eigenvalue weighted by Crippen LogP contribution is -2.47. The van der Waals surface area contributed by atoms with E-state index >= 15 is 0 Å². The van der Waals surface area contributed by atoms with Crippen molar-refractivity contribution in [3.8, 4) is 11.5 Å². The van der Waals surface area contributed by atoms with Gasteiger partial charge < -0.3 is 9.64 Å². The molecule has 0 bridgehead atoms. The smallest absolute Gasteiger partial charge is 0.269 e. The third kappa shape index (κ3) is 4.41. The van der Waals surface area contributed by atoms with Crippen molar-refractivity contribution in [2.24, 2.45) is 0 Å². The third-order valence-electron chi connectivity index (χ3n) is 8.97. The molecule has 0 saturated heterocycles. The molecule has 8 heteroatoms. The zero-order chi connectivity index (χ0) is 30.4.